The number of aromatic nitrogens is 2. The predicted octanol–water partition coefficient (Wildman–Crippen LogP) is 3.64. The first-order valence-electron chi connectivity index (χ1n) is 6.97. The van der Waals surface area contributed by atoms with Crippen LogP contribution in [0.4, 0.5) is 11.5 Å². The van der Waals surface area contributed by atoms with Gasteiger partial charge in [-0.1, -0.05) is 23.2 Å². The topological polar surface area (TPSA) is 58.1 Å². The summed E-state index contributed by atoms with van der Waals surface area (Å²) < 4.78 is 0. The molecule has 1 aliphatic rings. The Labute approximate surface area is 138 Å². The Morgan fingerprint density at radius 2 is 1.91 bits per heavy atom. The second-order valence-corrected chi connectivity index (χ2v) is 5.88. The Bertz CT molecular complexity index is 702. The summed E-state index contributed by atoms with van der Waals surface area (Å²) in [4.78, 5) is 22.7. The van der Waals surface area contributed by atoms with Crippen molar-refractivity contribution in [3.8, 4) is 0 Å². The van der Waals surface area contributed by atoms with Gasteiger partial charge in [0, 0.05) is 24.2 Å². The fraction of sp³-hybridized carbons (Fsp3) is 0.267. The molecule has 2 aromatic rings. The second-order valence-electron chi connectivity index (χ2n) is 5.03. The molecular formula is C15H14Cl2N4O. The highest BCUT2D eigenvalue weighted by atomic mass is 35.5. The van der Waals surface area contributed by atoms with Crippen molar-refractivity contribution in [3.63, 3.8) is 0 Å². The third kappa shape index (κ3) is 3.31. The minimum Gasteiger partial charge on any atom is -0.357 e. The highest BCUT2D eigenvalue weighted by molar-refractivity contribution is 6.36. The number of benzene rings is 1. The van der Waals surface area contributed by atoms with E-state index in [-0.39, 0.29) is 5.91 Å². The molecule has 7 heteroatoms. The number of hydrogen-bond acceptors (Lipinski definition) is 4. The van der Waals surface area contributed by atoms with Crippen molar-refractivity contribution >= 4 is 40.6 Å². The summed E-state index contributed by atoms with van der Waals surface area (Å²) >= 11 is 11.9. The molecule has 1 aromatic carbocycles. The van der Waals surface area contributed by atoms with Crippen LogP contribution < -0.4 is 10.2 Å². The van der Waals surface area contributed by atoms with Gasteiger partial charge in [0.2, 0.25) is 0 Å². The third-order valence-corrected chi connectivity index (χ3v) is 4.04. The number of carbonyl (C=O) groups is 1. The van der Waals surface area contributed by atoms with Crippen LogP contribution in [0.15, 0.2) is 30.6 Å². The summed E-state index contributed by atoms with van der Waals surface area (Å²) in [6.45, 7) is 1.92. The van der Waals surface area contributed by atoms with Crippen LogP contribution in [0.3, 0.4) is 0 Å². The van der Waals surface area contributed by atoms with Crippen molar-refractivity contribution in [2.45, 2.75) is 12.8 Å². The molecule has 1 aliphatic heterocycles. The van der Waals surface area contributed by atoms with Crippen LogP contribution in [0.25, 0.3) is 0 Å². The minimum atomic E-state index is -0.327. The Morgan fingerprint density at radius 1 is 1.14 bits per heavy atom. The van der Waals surface area contributed by atoms with Crippen molar-refractivity contribution in [1.82, 2.24) is 9.97 Å². The van der Waals surface area contributed by atoms with Crippen molar-refractivity contribution in [1.29, 1.82) is 0 Å². The van der Waals surface area contributed by atoms with Crippen LogP contribution in [-0.4, -0.2) is 29.0 Å². The first-order valence-corrected chi connectivity index (χ1v) is 7.72. The summed E-state index contributed by atoms with van der Waals surface area (Å²) in [5.74, 6) is 0.451. The molecule has 0 saturated carbocycles. The summed E-state index contributed by atoms with van der Waals surface area (Å²) in [6, 6.07) is 6.60. The molecule has 1 fully saturated rings. The monoisotopic (exact) mass is 336 g/mol. The lowest BCUT2D eigenvalue weighted by Crippen LogP contribution is -2.21. The van der Waals surface area contributed by atoms with Crippen LogP contribution in [0.5, 0.6) is 0 Å². The van der Waals surface area contributed by atoms with Gasteiger partial charge in [-0.3, -0.25) is 4.79 Å². The number of nitrogens with zero attached hydrogens (tertiary/aromatic N) is 3. The lowest BCUT2D eigenvalue weighted by molar-refractivity contribution is 0.102. The zero-order valence-electron chi connectivity index (χ0n) is 11.7. The van der Waals surface area contributed by atoms with Crippen LogP contribution in [0.1, 0.15) is 23.3 Å². The summed E-state index contributed by atoms with van der Waals surface area (Å²) in [5.41, 5.74) is 0.806. The predicted molar refractivity (Wildman–Crippen MR) is 87.9 cm³/mol. The van der Waals surface area contributed by atoms with E-state index in [1.54, 1.807) is 24.3 Å². The molecule has 0 bridgehead atoms. The smallest absolute Gasteiger partial charge is 0.274 e. The molecule has 1 N–H and O–H groups in total. The lowest BCUT2D eigenvalue weighted by Gasteiger charge is -2.16. The van der Waals surface area contributed by atoms with Gasteiger partial charge in [-0.25, -0.2) is 9.97 Å². The van der Waals surface area contributed by atoms with Crippen LogP contribution in [-0.2, 0) is 0 Å². The molecule has 0 unspecified atom stereocenters. The van der Waals surface area contributed by atoms with Crippen molar-refractivity contribution in [2.75, 3.05) is 23.3 Å². The first-order chi connectivity index (χ1) is 10.6. The number of hydrogen-bond donors (Lipinski definition) is 1. The number of rotatable bonds is 3. The van der Waals surface area contributed by atoms with Gasteiger partial charge in [0.05, 0.1) is 10.7 Å². The van der Waals surface area contributed by atoms with Crippen molar-refractivity contribution in [2.24, 2.45) is 0 Å². The van der Waals surface area contributed by atoms with Crippen LogP contribution >= 0.6 is 23.2 Å². The maximum Gasteiger partial charge on any atom is 0.274 e. The van der Waals surface area contributed by atoms with Crippen LogP contribution in [0.2, 0.25) is 10.0 Å². The van der Waals surface area contributed by atoms with Gasteiger partial charge in [0.1, 0.15) is 17.8 Å². The molecule has 0 atom stereocenters. The van der Waals surface area contributed by atoms with Gasteiger partial charge >= 0.3 is 0 Å². The number of anilines is 2. The number of halogens is 2. The Hall–Kier alpha value is -1.85. The van der Waals surface area contributed by atoms with E-state index in [9.17, 15) is 4.79 Å². The third-order valence-electron chi connectivity index (χ3n) is 3.49. The largest absolute Gasteiger partial charge is 0.357 e. The van der Waals surface area contributed by atoms with E-state index in [0.717, 1.165) is 31.7 Å². The van der Waals surface area contributed by atoms with Gasteiger partial charge in [-0.15, -0.1) is 0 Å². The molecule has 1 aromatic heterocycles. The Kier molecular flexibility index (Phi) is 4.45. The normalized spacial score (nSPS) is 14.2. The highest BCUT2D eigenvalue weighted by Crippen LogP contribution is 2.26. The maximum absolute atomic E-state index is 12.3. The molecular weight excluding hydrogens is 323 g/mol. The average molecular weight is 337 g/mol. The molecule has 1 saturated heterocycles. The maximum atomic E-state index is 12.3. The van der Waals surface area contributed by atoms with Gasteiger partial charge in [-0.05, 0) is 31.0 Å². The van der Waals surface area contributed by atoms with E-state index in [4.69, 9.17) is 23.2 Å². The lowest BCUT2D eigenvalue weighted by atomic mass is 10.3. The van der Waals surface area contributed by atoms with E-state index in [1.165, 1.54) is 6.33 Å². The minimum absolute atomic E-state index is 0.308. The van der Waals surface area contributed by atoms with Crippen LogP contribution in [0, 0.1) is 0 Å². The zero-order chi connectivity index (χ0) is 15.5. The SMILES string of the molecule is O=C(Nc1ccc(Cl)cc1Cl)c1cc(N2CCCC2)ncn1. The van der Waals surface area contributed by atoms with E-state index in [0.29, 0.717) is 21.4 Å². The molecule has 1 amide bonds. The van der Waals surface area contributed by atoms with Gasteiger partial charge in [-0.2, -0.15) is 0 Å². The van der Waals surface area contributed by atoms with Gasteiger partial charge in [0.15, 0.2) is 0 Å². The highest BCUT2D eigenvalue weighted by Gasteiger charge is 2.16. The fourth-order valence-electron chi connectivity index (χ4n) is 2.37. The Balaban J connectivity index is 1.78. The molecule has 0 radical (unpaired) electrons. The van der Waals surface area contributed by atoms with Crippen molar-refractivity contribution in [3.05, 3.63) is 46.3 Å². The van der Waals surface area contributed by atoms with Gasteiger partial charge < -0.3 is 10.2 Å². The first kappa shape index (κ1) is 15.1. The second kappa shape index (κ2) is 6.50. The van der Waals surface area contributed by atoms with E-state index < -0.39 is 0 Å². The summed E-state index contributed by atoms with van der Waals surface area (Å²) in [5, 5.41) is 3.63. The van der Waals surface area contributed by atoms with E-state index in [2.05, 4.69) is 20.2 Å². The average Bonchev–Trinajstić information content (AvgIpc) is 3.04. The molecule has 2 heterocycles. The fourth-order valence-corrected chi connectivity index (χ4v) is 2.82. The molecule has 3 rings (SSSR count). The number of amides is 1. The molecule has 114 valence electrons. The molecule has 0 spiro atoms. The quantitative estimate of drug-likeness (QED) is 0.929. The molecule has 0 aliphatic carbocycles. The van der Waals surface area contributed by atoms with Gasteiger partial charge in [0.25, 0.3) is 5.91 Å². The number of nitrogens with one attached hydrogen (secondary N) is 1. The molecule has 5 nitrogen and oxygen atoms in total. The standard InChI is InChI=1S/C15H14Cl2N4O/c16-10-3-4-12(11(17)7-10)20-15(22)13-8-14(19-9-18-13)21-5-1-2-6-21/h3-4,7-9H,1-2,5-6H2,(H,20,22). The number of carbonyl (C=O) groups excluding carboxylic acids is 1. The molecule has 22 heavy (non-hydrogen) atoms. The summed E-state index contributed by atoms with van der Waals surface area (Å²) in [6.07, 6.45) is 3.70. The van der Waals surface area contributed by atoms with Crippen molar-refractivity contribution < 1.29 is 4.79 Å². The Morgan fingerprint density at radius 3 is 2.64 bits per heavy atom. The van der Waals surface area contributed by atoms with E-state index >= 15 is 0 Å². The van der Waals surface area contributed by atoms with E-state index in [1.807, 2.05) is 0 Å². The zero-order valence-corrected chi connectivity index (χ0v) is 13.2. The summed E-state index contributed by atoms with van der Waals surface area (Å²) in [7, 11) is 0.